The second-order valence-electron chi connectivity index (χ2n) is 7.03. The van der Waals surface area contributed by atoms with Crippen molar-refractivity contribution in [3.8, 4) is 5.75 Å². The number of nitrogens with zero attached hydrogens (tertiary/aromatic N) is 1. The number of nitrogens with one attached hydrogen (secondary N) is 3. The predicted octanol–water partition coefficient (Wildman–Crippen LogP) is 1.95. The van der Waals surface area contributed by atoms with Crippen molar-refractivity contribution in [1.82, 2.24) is 20.4 Å². The lowest BCUT2D eigenvalue weighted by molar-refractivity contribution is 0.0845. The van der Waals surface area contributed by atoms with Crippen LogP contribution in [0.3, 0.4) is 0 Å². The van der Waals surface area contributed by atoms with E-state index >= 15 is 0 Å². The Morgan fingerprint density at radius 2 is 1.66 bits per heavy atom. The number of hydrazine groups is 1. The Hall–Kier alpha value is -4.40. The molecule has 0 fully saturated rings. The topological polar surface area (TPSA) is 122 Å². The van der Waals surface area contributed by atoms with Crippen LogP contribution in [0.5, 0.6) is 5.75 Å². The van der Waals surface area contributed by atoms with Crippen LogP contribution in [0.25, 0.3) is 21.8 Å². The number of amides is 2. The molecular weight excluding hydrogens is 412 g/mol. The summed E-state index contributed by atoms with van der Waals surface area (Å²) in [7, 11) is 1.49. The van der Waals surface area contributed by atoms with Gasteiger partial charge in [-0.2, -0.15) is 0 Å². The highest BCUT2D eigenvalue weighted by Gasteiger charge is 2.18. The Morgan fingerprint density at radius 3 is 2.38 bits per heavy atom. The highest BCUT2D eigenvalue weighted by atomic mass is 16.5. The molecule has 3 N–H and O–H groups in total. The van der Waals surface area contributed by atoms with Gasteiger partial charge in [-0.3, -0.25) is 30.0 Å². The number of ether oxygens (including phenoxy) is 1. The Kier molecular flexibility index (Phi) is 5.46. The molecule has 2 aromatic carbocycles. The summed E-state index contributed by atoms with van der Waals surface area (Å²) in [6, 6.07) is 11.8. The molecule has 2 aromatic heterocycles. The number of aryl methyl sites for hydroxylation is 1. The lowest BCUT2D eigenvalue weighted by Crippen LogP contribution is -2.44. The summed E-state index contributed by atoms with van der Waals surface area (Å²) in [5.74, 6) is -1.12. The van der Waals surface area contributed by atoms with Gasteiger partial charge >= 0.3 is 0 Å². The molecule has 0 saturated carbocycles. The molecule has 2 amide bonds. The van der Waals surface area contributed by atoms with Crippen LogP contribution in [0.4, 0.5) is 0 Å². The summed E-state index contributed by atoms with van der Waals surface area (Å²) in [5, 5.41) is 0.664. The number of carbonyl (C=O) groups excluding carboxylic acids is 2. The van der Waals surface area contributed by atoms with Crippen molar-refractivity contribution in [1.29, 1.82) is 0 Å². The Bertz CT molecular complexity index is 1490. The minimum atomic E-state index is -0.802. The van der Waals surface area contributed by atoms with Gasteiger partial charge in [0.1, 0.15) is 16.9 Å². The maximum Gasteiger partial charge on any atom is 0.275 e. The highest BCUT2D eigenvalue weighted by Crippen LogP contribution is 2.19. The number of fused-ring (bicyclic) bond motifs is 2. The molecule has 4 rings (SSSR count). The molecule has 0 spiro atoms. The van der Waals surface area contributed by atoms with Crippen LogP contribution in [-0.2, 0) is 6.54 Å². The Morgan fingerprint density at radius 1 is 0.969 bits per heavy atom. The first-order chi connectivity index (χ1) is 15.4. The smallest absolute Gasteiger partial charge is 0.275 e. The third-order valence-electron chi connectivity index (χ3n) is 5.20. The van der Waals surface area contributed by atoms with E-state index < -0.39 is 22.7 Å². The van der Waals surface area contributed by atoms with E-state index in [2.05, 4.69) is 15.8 Å². The van der Waals surface area contributed by atoms with E-state index in [1.165, 1.54) is 19.5 Å². The first-order valence-corrected chi connectivity index (χ1v) is 9.87. The molecule has 2 heterocycles. The summed E-state index contributed by atoms with van der Waals surface area (Å²) in [6.07, 6.45) is 2.71. The van der Waals surface area contributed by atoms with Gasteiger partial charge in [0, 0.05) is 29.8 Å². The third kappa shape index (κ3) is 3.60. The summed E-state index contributed by atoms with van der Waals surface area (Å²) < 4.78 is 6.93. The van der Waals surface area contributed by atoms with Gasteiger partial charge in [0.25, 0.3) is 11.8 Å². The minimum Gasteiger partial charge on any atom is -0.497 e. The quantitative estimate of drug-likeness (QED) is 0.426. The number of carbonyl (C=O) groups is 2. The van der Waals surface area contributed by atoms with Gasteiger partial charge < -0.3 is 14.3 Å². The molecule has 0 saturated heterocycles. The number of H-pyrrole nitrogens is 1. The molecule has 4 aromatic rings. The van der Waals surface area contributed by atoms with Crippen molar-refractivity contribution < 1.29 is 14.3 Å². The standard InChI is InChI=1S/C23H20N4O5/c1-3-27-12-17(21(29)15-10-13(32-2)8-9-19(15)27)23(31)26-25-22(30)16-11-24-18-7-5-4-6-14(18)20(16)28/h4-12H,3H2,1-2H3,(H,24,28)(H,25,30)(H,26,31). The summed E-state index contributed by atoms with van der Waals surface area (Å²) in [5.41, 5.74) is 4.37. The highest BCUT2D eigenvalue weighted by molar-refractivity contribution is 6.01. The van der Waals surface area contributed by atoms with Crippen molar-refractivity contribution in [3.05, 3.63) is 86.4 Å². The maximum absolute atomic E-state index is 12.9. The number of rotatable bonds is 4. The predicted molar refractivity (Wildman–Crippen MR) is 120 cm³/mol. The molecule has 0 atom stereocenters. The van der Waals surface area contributed by atoms with Crippen LogP contribution in [0, 0.1) is 0 Å². The van der Waals surface area contributed by atoms with Gasteiger partial charge in [-0.25, -0.2) is 0 Å². The monoisotopic (exact) mass is 432 g/mol. The molecule has 162 valence electrons. The molecule has 0 bridgehead atoms. The average Bonchev–Trinajstić information content (AvgIpc) is 2.82. The van der Waals surface area contributed by atoms with Gasteiger partial charge in [-0.05, 0) is 37.3 Å². The summed E-state index contributed by atoms with van der Waals surface area (Å²) in [4.78, 5) is 53.6. The molecule has 0 unspecified atom stereocenters. The van der Waals surface area contributed by atoms with E-state index in [1.807, 2.05) is 6.92 Å². The number of aromatic nitrogens is 2. The second-order valence-corrected chi connectivity index (χ2v) is 7.03. The third-order valence-corrected chi connectivity index (χ3v) is 5.20. The summed E-state index contributed by atoms with van der Waals surface area (Å²) >= 11 is 0. The fourth-order valence-corrected chi connectivity index (χ4v) is 3.51. The first kappa shape index (κ1) is 20.9. The second kappa shape index (κ2) is 8.38. The van der Waals surface area contributed by atoms with Gasteiger partial charge in [-0.15, -0.1) is 0 Å². The zero-order valence-corrected chi connectivity index (χ0v) is 17.4. The summed E-state index contributed by atoms with van der Waals surface area (Å²) in [6.45, 7) is 2.39. The average molecular weight is 432 g/mol. The number of hydrogen-bond acceptors (Lipinski definition) is 5. The number of benzene rings is 2. The Balaban J connectivity index is 1.62. The molecule has 9 heteroatoms. The van der Waals surface area contributed by atoms with E-state index in [-0.39, 0.29) is 11.1 Å². The fourth-order valence-electron chi connectivity index (χ4n) is 3.51. The lowest BCUT2D eigenvalue weighted by Gasteiger charge is -2.13. The fraction of sp³-hybridized carbons (Fsp3) is 0.130. The van der Waals surface area contributed by atoms with E-state index in [0.717, 1.165) is 0 Å². The van der Waals surface area contributed by atoms with Crippen molar-refractivity contribution in [2.24, 2.45) is 0 Å². The molecule has 0 aliphatic rings. The van der Waals surface area contributed by atoms with Crippen molar-refractivity contribution in [2.75, 3.05) is 7.11 Å². The lowest BCUT2D eigenvalue weighted by atomic mass is 10.1. The number of para-hydroxylation sites is 1. The molecule has 32 heavy (non-hydrogen) atoms. The normalized spacial score (nSPS) is 10.8. The number of hydrogen-bond donors (Lipinski definition) is 3. The van der Waals surface area contributed by atoms with E-state index in [4.69, 9.17) is 4.74 Å². The van der Waals surface area contributed by atoms with Crippen LogP contribution in [0.1, 0.15) is 27.6 Å². The molecule has 0 aliphatic carbocycles. The van der Waals surface area contributed by atoms with Gasteiger partial charge in [0.05, 0.1) is 18.0 Å². The molecular formula is C23H20N4O5. The van der Waals surface area contributed by atoms with Crippen LogP contribution in [0.15, 0.2) is 64.4 Å². The minimum absolute atomic E-state index is 0.152. The van der Waals surface area contributed by atoms with E-state index in [0.29, 0.717) is 34.1 Å². The first-order valence-electron chi connectivity index (χ1n) is 9.87. The van der Waals surface area contributed by atoms with Crippen molar-refractivity contribution >= 4 is 33.6 Å². The number of aromatic amines is 1. The zero-order valence-electron chi connectivity index (χ0n) is 17.4. The van der Waals surface area contributed by atoms with Gasteiger partial charge in [-0.1, -0.05) is 12.1 Å². The Labute approximate surface area is 181 Å². The van der Waals surface area contributed by atoms with Gasteiger partial charge in [0.15, 0.2) is 0 Å². The molecule has 9 nitrogen and oxygen atoms in total. The number of methoxy groups -OCH3 is 1. The van der Waals surface area contributed by atoms with Crippen LogP contribution in [0.2, 0.25) is 0 Å². The van der Waals surface area contributed by atoms with E-state index in [1.54, 1.807) is 47.0 Å². The van der Waals surface area contributed by atoms with Crippen molar-refractivity contribution in [2.45, 2.75) is 13.5 Å². The SMILES string of the molecule is CCn1cc(C(=O)NNC(=O)c2c[nH]c3ccccc3c2=O)c(=O)c2cc(OC)ccc21. The maximum atomic E-state index is 12.9. The molecule has 0 aliphatic heterocycles. The van der Waals surface area contributed by atoms with Crippen LogP contribution in [-0.4, -0.2) is 28.5 Å². The zero-order chi connectivity index (χ0) is 22.8. The van der Waals surface area contributed by atoms with Gasteiger partial charge in [0.2, 0.25) is 10.9 Å². The largest absolute Gasteiger partial charge is 0.497 e. The van der Waals surface area contributed by atoms with Crippen molar-refractivity contribution in [3.63, 3.8) is 0 Å². The van der Waals surface area contributed by atoms with E-state index in [9.17, 15) is 19.2 Å². The number of pyridine rings is 2. The van der Waals surface area contributed by atoms with Crippen LogP contribution < -0.4 is 26.4 Å². The van der Waals surface area contributed by atoms with Crippen LogP contribution >= 0.6 is 0 Å². The molecule has 0 radical (unpaired) electrons.